The Morgan fingerprint density at radius 2 is 2.00 bits per heavy atom. The molecule has 0 aromatic heterocycles. The molecule has 0 aromatic rings. The van der Waals surface area contributed by atoms with Crippen LogP contribution in [-0.2, 0) is 4.79 Å². The SMILES string of the molecule is CCNC1CCN(CCCCCCC(C)C)C1=O. The third-order valence-corrected chi connectivity index (χ3v) is 3.71. The fraction of sp³-hybridized carbons (Fsp3) is 0.933. The first-order valence-electron chi connectivity index (χ1n) is 7.67. The van der Waals surface area contributed by atoms with Gasteiger partial charge in [-0.2, -0.15) is 0 Å². The van der Waals surface area contributed by atoms with Crippen LogP contribution in [0.5, 0.6) is 0 Å². The summed E-state index contributed by atoms with van der Waals surface area (Å²) in [5, 5.41) is 3.26. The van der Waals surface area contributed by atoms with E-state index in [2.05, 4.69) is 26.1 Å². The van der Waals surface area contributed by atoms with E-state index >= 15 is 0 Å². The Morgan fingerprint density at radius 1 is 1.28 bits per heavy atom. The van der Waals surface area contributed by atoms with Crippen molar-refractivity contribution < 1.29 is 4.79 Å². The third-order valence-electron chi connectivity index (χ3n) is 3.71. The molecule has 0 aromatic carbocycles. The summed E-state index contributed by atoms with van der Waals surface area (Å²) in [6.07, 6.45) is 7.42. The molecule has 1 heterocycles. The first-order valence-corrected chi connectivity index (χ1v) is 7.67. The van der Waals surface area contributed by atoms with Gasteiger partial charge in [-0.3, -0.25) is 4.79 Å². The minimum absolute atomic E-state index is 0.0935. The number of carbonyl (C=O) groups excluding carboxylic acids is 1. The average Bonchev–Trinajstić information content (AvgIpc) is 2.66. The van der Waals surface area contributed by atoms with E-state index in [-0.39, 0.29) is 6.04 Å². The van der Waals surface area contributed by atoms with E-state index in [0.717, 1.165) is 32.0 Å². The Balaban J connectivity index is 2.04. The van der Waals surface area contributed by atoms with E-state index in [1.807, 2.05) is 4.90 Å². The molecule has 1 fully saturated rings. The zero-order chi connectivity index (χ0) is 13.4. The Kier molecular flexibility index (Phi) is 7.33. The Hall–Kier alpha value is -0.570. The van der Waals surface area contributed by atoms with Crippen molar-refractivity contribution in [3.05, 3.63) is 0 Å². The summed E-state index contributed by atoms with van der Waals surface area (Å²) >= 11 is 0. The monoisotopic (exact) mass is 254 g/mol. The highest BCUT2D eigenvalue weighted by Crippen LogP contribution is 2.14. The highest BCUT2D eigenvalue weighted by Gasteiger charge is 2.29. The number of hydrogen-bond acceptors (Lipinski definition) is 2. The topological polar surface area (TPSA) is 32.3 Å². The highest BCUT2D eigenvalue weighted by atomic mass is 16.2. The number of carbonyl (C=O) groups is 1. The fourth-order valence-electron chi connectivity index (χ4n) is 2.61. The van der Waals surface area contributed by atoms with Gasteiger partial charge < -0.3 is 10.2 Å². The van der Waals surface area contributed by atoms with Crippen LogP contribution in [0.1, 0.15) is 59.3 Å². The van der Waals surface area contributed by atoms with Crippen molar-refractivity contribution in [1.29, 1.82) is 0 Å². The summed E-state index contributed by atoms with van der Waals surface area (Å²) in [7, 11) is 0. The van der Waals surface area contributed by atoms with Crippen molar-refractivity contribution in [3.63, 3.8) is 0 Å². The smallest absolute Gasteiger partial charge is 0.239 e. The molecule has 1 unspecified atom stereocenters. The largest absolute Gasteiger partial charge is 0.341 e. The van der Waals surface area contributed by atoms with Crippen LogP contribution in [0.2, 0.25) is 0 Å². The van der Waals surface area contributed by atoms with E-state index < -0.39 is 0 Å². The molecule has 0 saturated carbocycles. The number of nitrogens with one attached hydrogen (secondary N) is 1. The predicted octanol–water partition coefficient (Wildman–Crippen LogP) is 2.80. The third kappa shape index (κ3) is 5.38. The second kappa shape index (κ2) is 8.52. The number of nitrogens with zero attached hydrogens (tertiary/aromatic N) is 1. The van der Waals surface area contributed by atoms with Crippen LogP contribution in [0.25, 0.3) is 0 Å². The molecule has 1 atom stereocenters. The van der Waals surface area contributed by atoms with Crippen molar-refractivity contribution in [2.24, 2.45) is 5.92 Å². The number of unbranched alkanes of at least 4 members (excludes halogenated alkanes) is 3. The Morgan fingerprint density at radius 3 is 2.67 bits per heavy atom. The lowest BCUT2D eigenvalue weighted by molar-refractivity contribution is -0.129. The quantitative estimate of drug-likeness (QED) is 0.642. The maximum absolute atomic E-state index is 12.0. The van der Waals surface area contributed by atoms with Gasteiger partial charge in [-0.25, -0.2) is 0 Å². The van der Waals surface area contributed by atoms with Crippen LogP contribution in [0.15, 0.2) is 0 Å². The molecule has 0 spiro atoms. The molecule has 1 aliphatic heterocycles. The van der Waals surface area contributed by atoms with Gasteiger partial charge in [0.15, 0.2) is 0 Å². The van der Waals surface area contributed by atoms with Crippen LogP contribution in [0.4, 0.5) is 0 Å². The van der Waals surface area contributed by atoms with E-state index in [0.29, 0.717) is 5.91 Å². The van der Waals surface area contributed by atoms with Gasteiger partial charge in [-0.1, -0.05) is 46.5 Å². The lowest BCUT2D eigenvalue weighted by Crippen LogP contribution is -2.38. The van der Waals surface area contributed by atoms with Crippen molar-refractivity contribution in [2.45, 2.75) is 65.3 Å². The number of hydrogen-bond donors (Lipinski definition) is 1. The summed E-state index contributed by atoms with van der Waals surface area (Å²) in [4.78, 5) is 14.0. The molecule has 1 N–H and O–H groups in total. The molecule has 3 heteroatoms. The number of likely N-dealkylation sites (tertiary alicyclic amines) is 1. The maximum atomic E-state index is 12.0. The first-order chi connectivity index (χ1) is 8.65. The average molecular weight is 254 g/mol. The van der Waals surface area contributed by atoms with E-state index in [9.17, 15) is 4.79 Å². The molecule has 3 nitrogen and oxygen atoms in total. The second-order valence-corrected chi connectivity index (χ2v) is 5.82. The van der Waals surface area contributed by atoms with Crippen molar-refractivity contribution in [1.82, 2.24) is 10.2 Å². The summed E-state index contributed by atoms with van der Waals surface area (Å²) in [6.45, 7) is 9.42. The van der Waals surface area contributed by atoms with Crippen molar-refractivity contribution in [2.75, 3.05) is 19.6 Å². The van der Waals surface area contributed by atoms with E-state index in [1.54, 1.807) is 0 Å². The van der Waals surface area contributed by atoms with E-state index in [4.69, 9.17) is 0 Å². The van der Waals surface area contributed by atoms with Gasteiger partial charge in [0.05, 0.1) is 6.04 Å². The molecule has 0 bridgehead atoms. The highest BCUT2D eigenvalue weighted by molar-refractivity contribution is 5.83. The maximum Gasteiger partial charge on any atom is 0.239 e. The van der Waals surface area contributed by atoms with E-state index in [1.165, 1.54) is 32.1 Å². The molecule has 1 rings (SSSR count). The van der Waals surface area contributed by atoms with Gasteiger partial charge in [0.25, 0.3) is 0 Å². The minimum Gasteiger partial charge on any atom is -0.341 e. The molecule has 1 amide bonds. The Labute approximate surface area is 112 Å². The second-order valence-electron chi connectivity index (χ2n) is 5.82. The molecule has 1 saturated heterocycles. The lowest BCUT2D eigenvalue weighted by Gasteiger charge is -2.16. The van der Waals surface area contributed by atoms with Crippen LogP contribution in [-0.4, -0.2) is 36.5 Å². The summed E-state index contributed by atoms with van der Waals surface area (Å²) in [5.41, 5.74) is 0. The molecule has 0 aliphatic carbocycles. The van der Waals surface area contributed by atoms with Crippen molar-refractivity contribution in [3.8, 4) is 0 Å². The van der Waals surface area contributed by atoms with Crippen molar-refractivity contribution >= 4 is 5.91 Å². The zero-order valence-electron chi connectivity index (χ0n) is 12.4. The van der Waals surface area contributed by atoms with Gasteiger partial charge >= 0.3 is 0 Å². The molecule has 1 aliphatic rings. The number of likely N-dealkylation sites (N-methyl/N-ethyl adjacent to an activating group) is 1. The van der Waals surface area contributed by atoms with Gasteiger partial charge in [-0.05, 0) is 25.3 Å². The summed E-state index contributed by atoms with van der Waals surface area (Å²) in [6, 6.07) is 0.0935. The lowest BCUT2D eigenvalue weighted by atomic mass is 10.0. The number of rotatable bonds is 9. The van der Waals surface area contributed by atoms with Gasteiger partial charge in [0.2, 0.25) is 5.91 Å². The van der Waals surface area contributed by atoms with Crippen LogP contribution < -0.4 is 5.32 Å². The Bertz CT molecular complexity index is 241. The fourth-order valence-corrected chi connectivity index (χ4v) is 2.61. The molecule has 0 radical (unpaired) electrons. The predicted molar refractivity (Wildman–Crippen MR) is 76.6 cm³/mol. The standard InChI is InChI=1S/C15H30N2O/c1-4-16-14-10-12-17(15(14)18)11-8-6-5-7-9-13(2)3/h13-14,16H,4-12H2,1-3H3. The van der Waals surface area contributed by atoms with Crippen LogP contribution >= 0.6 is 0 Å². The van der Waals surface area contributed by atoms with Crippen LogP contribution in [0, 0.1) is 5.92 Å². The summed E-state index contributed by atoms with van der Waals surface area (Å²) < 4.78 is 0. The molecular weight excluding hydrogens is 224 g/mol. The van der Waals surface area contributed by atoms with Crippen LogP contribution in [0.3, 0.4) is 0 Å². The first kappa shape index (κ1) is 15.5. The molecule has 18 heavy (non-hydrogen) atoms. The zero-order valence-corrected chi connectivity index (χ0v) is 12.4. The summed E-state index contributed by atoms with van der Waals surface area (Å²) in [5.74, 6) is 1.14. The van der Waals surface area contributed by atoms with Gasteiger partial charge in [0, 0.05) is 13.1 Å². The molecule has 106 valence electrons. The number of amides is 1. The normalized spacial score (nSPS) is 20.1. The minimum atomic E-state index is 0.0935. The van der Waals surface area contributed by atoms with Gasteiger partial charge in [0.1, 0.15) is 0 Å². The molecular formula is C15H30N2O. The van der Waals surface area contributed by atoms with Gasteiger partial charge in [-0.15, -0.1) is 0 Å².